The first-order chi connectivity index (χ1) is 13.2. The van der Waals surface area contributed by atoms with Gasteiger partial charge in [0.1, 0.15) is 11.9 Å². The van der Waals surface area contributed by atoms with Crippen LogP contribution < -0.4 is 9.62 Å². The van der Waals surface area contributed by atoms with E-state index in [2.05, 4.69) is 5.32 Å². The van der Waals surface area contributed by atoms with Gasteiger partial charge >= 0.3 is 0 Å². The SMILES string of the molecule is CCC(C(=O)NCCCc1ccc(Cl)cc1)N(c1ccccc1F)S(C)(=O)=O. The van der Waals surface area contributed by atoms with Gasteiger partial charge in [-0.3, -0.25) is 9.10 Å². The van der Waals surface area contributed by atoms with Crippen LogP contribution in [0.3, 0.4) is 0 Å². The molecule has 0 radical (unpaired) electrons. The Bertz CT molecular complexity index is 904. The topological polar surface area (TPSA) is 66.5 Å². The largest absolute Gasteiger partial charge is 0.354 e. The molecule has 0 aliphatic carbocycles. The molecule has 2 aromatic rings. The molecule has 2 aromatic carbocycles. The third-order valence-electron chi connectivity index (χ3n) is 4.27. The second-order valence-electron chi connectivity index (χ2n) is 6.46. The minimum atomic E-state index is -3.85. The number of rotatable bonds is 9. The van der Waals surface area contributed by atoms with E-state index >= 15 is 0 Å². The molecule has 0 bridgehead atoms. The number of hydrogen-bond donors (Lipinski definition) is 1. The molecule has 152 valence electrons. The zero-order chi connectivity index (χ0) is 20.7. The number of aryl methyl sites for hydroxylation is 1. The molecule has 0 saturated carbocycles. The minimum absolute atomic E-state index is 0.131. The van der Waals surface area contributed by atoms with E-state index in [1.165, 1.54) is 24.3 Å². The van der Waals surface area contributed by atoms with E-state index < -0.39 is 27.8 Å². The lowest BCUT2D eigenvalue weighted by molar-refractivity contribution is -0.122. The van der Waals surface area contributed by atoms with Crippen molar-refractivity contribution in [1.29, 1.82) is 0 Å². The van der Waals surface area contributed by atoms with Crippen molar-refractivity contribution in [3.8, 4) is 0 Å². The summed E-state index contributed by atoms with van der Waals surface area (Å²) in [6.45, 7) is 2.07. The van der Waals surface area contributed by atoms with Crippen LogP contribution in [-0.2, 0) is 21.2 Å². The van der Waals surface area contributed by atoms with Crippen molar-refractivity contribution in [3.05, 3.63) is 64.9 Å². The molecule has 0 saturated heterocycles. The van der Waals surface area contributed by atoms with Crippen LogP contribution >= 0.6 is 11.6 Å². The Morgan fingerprint density at radius 1 is 1.18 bits per heavy atom. The lowest BCUT2D eigenvalue weighted by Gasteiger charge is -2.30. The van der Waals surface area contributed by atoms with Crippen molar-refractivity contribution in [3.63, 3.8) is 0 Å². The molecule has 2 rings (SSSR count). The minimum Gasteiger partial charge on any atom is -0.354 e. The summed E-state index contributed by atoms with van der Waals surface area (Å²) in [5, 5.41) is 3.43. The molecule has 1 N–H and O–H groups in total. The average Bonchev–Trinajstić information content (AvgIpc) is 2.64. The number of para-hydroxylation sites is 1. The number of hydrogen-bond acceptors (Lipinski definition) is 3. The highest BCUT2D eigenvalue weighted by Gasteiger charge is 2.32. The molecule has 0 aliphatic heterocycles. The van der Waals surface area contributed by atoms with Gasteiger partial charge in [0, 0.05) is 11.6 Å². The zero-order valence-corrected chi connectivity index (χ0v) is 17.4. The molecule has 1 unspecified atom stereocenters. The Labute approximate surface area is 170 Å². The highest BCUT2D eigenvalue weighted by atomic mass is 35.5. The van der Waals surface area contributed by atoms with Crippen molar-refractivity contribution >= 4 is 33.2 Å². The quantitative estimate of drug-likeness (QED) is 0.620. The Hall–Kier alpha value is -2.12. The number of carbonyl (C=O) groups is 1. The van der Waals surface area contributed by atoms with Gasteiger partial charge in [0.05, 0.1) is 11.9 Å². The van der Waals surface area contributed by atoms with Gasteiger partial charge < -0.3 is 5.32 Å². The summed E-state index contributed by atoms with van der Waals surface area (Å²) in [5.74, 6) is -1.14. The van der Waals surface area contributed by atoms with Gasteiger partial charge in [0.2, 0.25) is 15.9 Å². The van der Waals surface area contributed by atoms with Crippen molar-refractivity contribution in [1.82, 2.24) is 5.32 Å². The lowest BCUT2D eigenvalue weighted by atomic mass is 10.1. The lowest BCUT2D eigenvalue weighted by Crippen LogP contribution is -2.49. The highest BCUT2D eigenvalue weighted by Crippen LogP contribution is 2.25. The van der Waals surface area contributed by atoms with E-state index in [1.54, 1.807) is 19.1 Å². The van der Waals surface area contributed by atoms with Crippen LogP contribution in [0, 0.1) is 5.82 Å². The van der Waals surface area contributed by atoms with Gasteiger partial charge in [0.25, 0.3) is 0 Å². The van der Waals surface area contributed by atoms with Gasteiger partial charge in [0.15, 0.2) is 0 Å². The second-order valence-corrected chi connectivity index (χ2v) is 8.75. The Balaban J connectivity index is 2.05. The normalized spacial score (nSPS) is 12.4. The van der Waals surface area contributed by atoms with Gasteiger partial charge in [-0.15, -0.1) is 0 Å². The predicted octanol–water partition coefficient (Wildman–Crippen LogP) is 3.77. The average molecular weight is 427 g/mol. The molecule has 8 heteroatoms. The van der Waals surface area contributed by atoms with Crippen molar-refractivity contribution in [2.45, 2.75) is 32.2 Å². The third kappa shape index (κ3) is 5.94. The maximum Gasteiger partial charge on any atom is 0.243 e. The van der Waals surface area contributed by atoms with E-state index in [0.717, 1.165) is 22.5 Å². The maximum absolute atomic E-state index is 14.2. The van der Waals surface area contributed by atoms with E-state index in [-0.39, 0.29) is 12.1 Å². The van der Waals surface area contributed by atoms with Crippen LogP contribution in [0.2, 0.25) is 5.02 Å². The Morgan fingerprint density at radius 2 is 1.82 bits per heavy atom. The molecule has 1 atom stereocenters. The molecule has 0 heterocycles. The summed E-state index contributed by atoms with van der Waals surface area (Å²) in [6.07, 6.45) is 2.61. The number of nitrogens with one attached hydrogen (secondary N) is 1. The standard InChI is InChI=1S/C20H24ClFN2O3S/c1-3-18(24(28(2,26)27)19-9-5-4-8-17(19)22)20(25)23-14-6-7-15-10-12-16(21)13-11-15/h4-5,8-13,18H,3,6-7,14H2,1-2H3,(H,23,25). The first kappa shape index (κ1) is 22.2. The number of benzene rings is 2. The second kappa shape index (κ2) is 9.89. The van der Waals surface area contributed by atoms with Crippen molar-refractivity contribution in [2.24, 2.45) is 0 Å². The summed E-state index contributed by atoms with van der Waals surface area (Å²) in [4.78, 5) is 12.6. The molecule has 0 aromatic heterocycles. The predicted molar refractivity (Wildman–Crippen MR) is 111 cm³/mol. The van der Waals surface area contributed by atoms with E-state index in [9.17, 15) is 17.6 Å². The monoisotopic (exact) mass is 426 g/mol. The molecule has 0 aliphatic rings. The third-order valence-corrected chi connectivity index (χ3v) is 5.69. The van der Waals surface area contributed by atoms with Gasteiger partial charge in [-0.05, 0) is 49.1 Å². The fraction of sp³-hybridized carbons (Fsp3) is 0.350. The smallest absolute Gasteiger partial charge is 0.243 e. The van der Waals surface area contributed by atoms with Gasteiger partial charge in [-0.1, -0.05) is 42.8 Å². The molecule has 28 heavy (non-hydrogen) atoms. The van der Waals surface area contributed by atoms with Crippen LogP contribution in [0.15, 0.2) is 48.5 Å². The number of anilines is 1. The summed E-state index contributed by atoms with van der Waals surface area (Å²) in [6, 6.07) is 12.0. The van der Waals surface area contributed by atoms with Gasteiger partial charge in [-0.25, -0.2) is 12.8 Å². The van der Waals surface area contributed by atoms with E-state index in [1.807, 2.05) is 12.1 Å². The highest BCUT2D eigenvalue weighted by molar-refractivity contribution is 7.92. The van der Waals surface area contributed by atoms with E-state index in [4.69, 9.17) is 11.6 Å². The summed E-state index contributed by atoms with van der Waals surface area (Å²) < 4.78 is 39.7. The van der Waals surface area contributed by atoms with Crippen molar-refractivity contribution in [2.75, 3.05) is 17.1 Å². The maximum atomic E-state index is 14.2. The number of halogens is 2. The zero-order valence-electron chi connectivity index (χ0n) is 15.9. The number of nitrogens with zero attached hydrogens (tertiary/aromatic N) is 1. The van der Waals surface area contributed by atoms with Crippen LogP contribution in [0.1, 0.15) is 25.3 Å². The first-order valence-electron chi connectivity index (χ1n) is 9.00. The molecule has 5 nitrogen and oxygen atoms in total. The summed E-state index contributed by atoms with van der Waals surface area (Å²) in [7, 11) is -3.85. The van der Waals surface area contributed by atoms with Crippen molar-refractivity contribution < 1.29 is 17.6 Å². The number of amides is 1. The first-order valence-corrected chi connectivity index (χ1v) is 11.2. The summed E-state index contributed by atoms with van der Waals surface area (Å²) >= 11 is 5.86. The Morgan fingerprint density at radius 3 is 2.39 bits per heavy atom. The van der Waals surface area contributed by atoms with Gasteiger partial charge in [-0.2, -0.15) is 0 Å². The van der Waals surface area contributed by atoms with E-state index in [0.29, 0.717) is 18.0 Å². The number of carbonyl (C=O) groups excluding carboxylic acids is 1. The molecular formula is C20H24ClFN2O3S. The number of sulfonamides is 1. The molecular weight excluding hydrogens is 403 g/mol. The van der Waals surface area contributed by atoms with Crippen LogP contribution in [0.25, 0.3) is 0 Å². The van der Waals surface area contributed by atoms with Crippen LogP contribution in [-0.4, -0.2) is 33.2 Å². The fourth-order valence-corrected chi connectivity index (χ4v) is 4.28. The fourth-order valence-electron chi connectivity index (χ4n) is 2.94. The molecule has 1 amide bonds. The Kier molecular flexibility index (Phi) is 7.83. The summed E-state index contributed by atoms with van der Waals surface area (Å²) in [5.41, 5.74) is 0.961. The molecule has 0 fully saturated rings. The molecule has 0 spiro atoms. The van der Waals surface area contributed by atoms with Crippen LogP contribution in [0.4, 0.5) is 10.1 Å². The van der Waals surface area contributed by atoms with Crippen LogP contribution in [0.5, 0.6) is 0 Å².